The summed E-state index contributed by atoms with van der Waals surface area (Å²) in [4.78, 5) is 17.8. The molecule has 6 heteroatoms. The summed E-state index contributed by atoms with van der Waals surface area (Å²) >= 11 is 0. The van der Waals surface area contributed by atoms with Gasteiger partial charge in [0.1, 0.15) is 32.7 Å². The van der Waals surface area contributed by atoms with Gasteiger partial charge in [0.05, 0.1) is 13.2 Å². The third-order valence-corrected chi connectivity index (χ3v) is 6.30. The molecule has 2 heterocycles. The molecule has 0 atom stereocenters. The molecule has 0 spiro atoms. The number of anilines is 2. The second-order valence-electron chi connectivity index (χ2n) is 8.47. The molecule has 0 saturated carbocycles. The van der Waals surface area contributed by atoms with Crippen molar-refractivity contribution in [2.45, 2.75) is 13.5 Å². The highest BCUT2D eigenvalue weighted by Gasteiger charge is 2.25. The Labute approximate surface area is 179 Å². The maximum atomic E-state index is 12.5. The number of aryl methyl sites for hydroxylation is 1. The largest absolute Gasteiger partial charge is 0.378 e. The molecule has 2 aromatic rings. The first-order chi connectivity index (χ1) is 14.7. The van der Waals surface area contributed by atoms with E-state index in [1.807, 2.05) is 12.1 Å². The van der Waals surface area contributed by atoms with Gasteiger partial charge in [0, 0.05) is 30.0 Å². The number of quaternary nitrogens is 2. The maximum absolute atomic E-state index is 12.5. The number of hydrogen-bond donors (Lipinski definition) is 3. The van der Waals surface area contributed by atoms with Crippen LogP contribution in [0.3, 0.4) is 0 Å². The predicted molar refractivity (Wildman–Crippen MR) is 119 cm³/mol. The quantitative estimate of drug-likeness (QED) is 0.616. The Morgan fingerprint density at radius 1 is 0.967 bits per heavy atom. The molecule has 1 amide bonds. The summed E-state index contributed by atoms with van der Waals surface area (Å²) in [5.74, 6) is 0.103. The predicted octanol–water partition coefficient (Wildman–Crippen LogP) is -0.246. The third-order valence-electron chi connectivity index (χ3n) is 6.30. The summed E-state index contributed by atoms with van der Waals surface area (Å²) < 4.78 is 5.41. The fourth-order valence-corrected chi connectivity index (χ4v) is 4.40. The number of nitrogens with zero attached hydrogens (tertiary/aromatic N) is 1. The van der Waals surface area contributed by atoms with E-state index >= 15 is 0 Å². The summed E-state index contributed by atoms with van der Waals surface area (Å²) in [6.07, 6.45) is 0. The standard InChI is InChI=1S/C24H32N4O2/c1-20-4-2-3-5-21(20)18-26-10-12-27(13-11-26)19-24(29)25-22-6-8-23(9-7-22)28-14-16-30-17-15-28/h2-9H,10-19H2,1H3,(H,25,29)/p+2. The van der Waals surface area contributed by atoms with Gasteiger partial charge in [-0.15, -0.1) is 0 Å². The van der Waals surface area contributed by atoms with Crippen molar-refractivity contribution in [1.82, 2.24) is 0 Å². The average Bonchev–Trinajstić information content (AvgIpc) is 2.78. The van der Waals surface area contributed by atoms with Gasteiger partial charge < -0.3 is 24.8 Å². The molecule has 2 aromatic carbocycles. The zero-order valence-corrected chi connectivity index (χ0v) is 18.0. The van der Waals surface area contributed by atoms with E-state index in [0.29, 0.717) is 6.54 Å². The van der Waals surface area contributed by atoms with Crippen LogP contribution in [0.1, 0.15) is 11.1 Å². The number of amides is 1. The van der Waals surface area contributed by atoms with Crippen LogP contribution in [-0.4, -0.2) is 64.9 Å². The van der Waals surface area contributed by atoms with E-state index in [1.165, 1.54) is 21.7 Å². The van der Waals surface area contributed by atoms with Crippen molar-refractivity contribution >= 4 is 17.3 Å². The fourth-order valence-electron chi connectivity index (χ4n) is 4.40. The molecular weight excluding hydrogens is 376 g/mol. The molecule has 2 saturated heterocycles. The minimum atomic E-state index is 0.103. The van der Waals surface area contributed by atoms with Gasteiger partial charge in [0.15, 0.2) is 6.54 Å². The molecule has 2 fully saturated rings. The van der Waals surface area contributed by atoms with Crippen LogP contribution in [0.25, 0.3) is 0 Å². The lowest BCUT2D eigenvalue weighted by atomic mass is 10.1. The molecule has 2 aliphatic heterocycles. The van der Waals surface area contributed by atoms with Gasteiger partial charge in [-0.2, -0.15) is 0 Å². The molecule has 2 aliphatic rings. The zero-order chi connectivity index (χ0) is 20.8. The van der Waals surface area contributed by atoms with E-state index in [0.717, 1.165) is 64.7 Å². The summed E-state index contributed by atoms with van der Waals surface area (Å²) in [6, 6.07) is 16.8. The van der Waals surface area contributed by atoms with Crippen LogP contribution < -0.4 is 20.0 Å². The highest BCUT2D eigenvalue weighted by molar-refractivity contribution is 5.91. The minimum absolute atomic E-state index is 0.103. The number of hydrogen-bond acceptors (Lipinski definition) is 3. The summed E-state index contributed by atoms with van der Waals surface area (Å²) in [6.45, 7) is 11.5. The Morgan fingerprint density at radius 2 is 1.63 bits per heavy atom. The van der Waals surface area contributed by atoms with Crippen molar-refractivity contribution in [2.24, 2.45) is 0 Å². The third kappa shape index (κ3) is 5.59. The van der Waals surface area contributed by atoms with Crippen LogP contribution in [0.5, 0.6) is 0 Å². The molecule has 3 N–H and O–H groups in total. The van der Waals surface area contributed by atoms with Crippen LogP contribution in [-0.2, 0) is 16.1 Å². The van der Waals surface area contributed by atoms with Crippen LogP contribution >= 0.6 is 0 Å². The van der Waals surface area contributed by atoms with E-state index in [1.54, 1.807) is 4.90 Å². The molecule has 6 nitrogen and oxygen atoms in total. The lowest BCUT2D eigenvalue weighted by Gasteiger charge is -2.30. The Bertz CT molecular complexity index is 825. The molecule has 4 rings (SSSR count). The Kier molecular flexibility index (Phi) is 7.00. The number of carbonyl (C=O) groups is 1. The molecule has 0 aromatic heterocycles. The van der Waals surface area contributed by atoms with Crippen molar-refractivity contribution in [2.75, 3.05) is 69.2 Å². The Morgan fingerprint density at radius 3 is 2.33 bits per heavy atom. The van der Waals surface area contributed by atoms with Gasteiger partial charge in [-0.25, -0.2) is 0 Å². The van der Waals surface area contributed by atoms with Crippen molar-refractivity contribution in [1.29, 1.82) is 0 Å². The number of carbonyl (C=O) groups excluding carboxylic acids is 1. The molecule has 0 radical (unpaired) electrons. The molecule has 0 aliphatic carbocycles. The van der Waals surface area contributed by atoms with Crippen LogP contribution in [0.4, 0.5) is 11.4 Å². The normalized spacial score (nSPS) is 22.0. The number of piperazine rings is 1. The SMILES string of the molecule is Cc1ccccc1C[NH+]1CC[NH+](CC(=O)Nc2ccc(N3CCOCC3)cc2)CC1. The second-order valence-corrected chi connectivity index (χ2v) is 8.47. The minimum Gasteiger partial charge on any atom is -0.378 e. The molecular formula is C24H34N4O2+2. The fraction of sp³-hybridized carbons (Fsp3) is 0.458. The lowest BCUT2D eigenvalue weighted by molar-refractivity contribution is -1.02. The Hall–Kier alpha value is -2.41. The van der Waals surface area contributed by atoms with Crippen molar-refractivity contribution in [3.05, 3.63) is 59.7 Å². The van der Waals surface area contributed by atoms with Crippen molar-refractivity contribution < 1.29 is 19.3 Å². The van der Waals surface area contributed by atoms with E-state index < -0.39 is 0 Å². The van der Waals surface area contributed by atoms with E-state index in [2.05, 4.69) is 53.5 Å². The topological polar surface area (TPSA) is 50.5 Å². The number of benzene rings is 2. The second kappa shape index (κ2) is 10.1. The average molecular weight is 411 g/mol. The molecule has 160 valence electrons. The number of morpholine rings is 1. The van der Waals surface area contributed by atoms with Gasteiger partial charge >= 0.3 is 0 Å². The van der Waals surface area contributed by atoms with Crippen LogP contribution in [0.2, 0.25) is 0 Å². The first-order valence-electron chi connectivity index (χ1n) is 11.1. The summed E-state index contributed by atoms with van der Waals surface area (Å²) in [5, 5.41) is 3.07. The van der Waals surface area contributed by atoms with Crippen LogP contribution in [0, 0.1) is 6.92 Å². The number of ether oxygens (including phenoxy) is 1. The van der Waals surface area contributed by atoms with Gasteiger partial charge in [0.25, 0.3) is 5.91 Å². The first-order valence-corrected chi connectivity index (χ1v) is 11.1. The molecule has 30 heavy (non-hydrogen) atoms. The van der Waals surface area contributed by atoms with Gasteiger partial charge in [-0.05, 0) is 36.8 Å². The van der Waals surface area contributed by atoms with E-state index in [9.17, 15) is 4.79 Å². The van der Waals surface area contributed by atoms with Crippen molar-refractivity contribution in [3.63, 3.8) is 0 Å². The van der Waals surface area contributed by atoms with Crippen LogP contribution in [0.15, 0.2) is 48.5 Å². The van der Waals surface area contributed by atoms with Crippen molar-refractivity contribution in [3.8, 4) is 0 Å². The van der Waals surface area contributed by atoms with Gasteiger partial charge in [-0.1, -0.05) is 24.3 Å². The monoisotopic (exact) mass is 410 g/mol. The molecule has 0 bridgehead atoms. The lowest BCUT2D eigenvalue weighted by Crippen LogP contribution is -3.28. The molecule has 0 unspecified atom stereocenters. The van der Waals surface area contributed by atoms with Gasteiger partial charge in [-0.3, -0.25) is 4.79 Å². The summed E-state index contributed by atoms with van der Waals surface area (Å²) in [7, 11) is 0. The maximum Gasteiger partial charge on any atom is 0.279 e. The first kappa shape index (κ1) is 20.8. The Balaban J connectivity index is 1.21. The number of nitrogens with one attached hydrogen (secondary N) is 3. The highest BCUT2D eigenvalue weighted by Crippen LogP contribution is 2.18. The smallest absolute Gasteiger partial charge is 0.279 e. The highest BCUT2D eigenvalue weighted by atomic mass is 16.5. The van der Waals surface area contributed by atoms with Gasteiger partial charge in [0.2, 0.25) is 0 Å². The van der Waals surface area contributed by atoms with E-state index in [4.69, 9.17) is 4.74 Å². The number of rotatable bonds is 6. The van der Waals surface area contributed by atoms with E-state index in [-0.39, 0.29) is 5.91 Å². The zero-order valence-electron chi connectivity index (χ0n) is 18.0. The summed E-state index contributed by atoms with van der Waals surface area (Å²) in [5.41, 5.74) is 4.88.